The summed E-state index contributed by atoms with van der Waals surface area (Å²) in [6.45, 7) is 3.19. The highest BCUT2D eigenvalue weighted by molar-refractivity contribution is 7.89. The summed E-state index contributed by atoms with van der Waals surface area (Å²) in [5, 5.41) is 1.10. The average molecular weight is 475 g/mol. The van der Waals surface area contributed by atoms with Gasteiger partial charge in [0.2, 0.25) is 15.9 Å². The van der Waals surface area contributed by atoms with E-state index >= 15 is 0 Å². The molecule has 0 N–H and O–H groups in total. The maximum absolute atomic E-state index is 13.2. The van der Waals surface area contributed by atoms with E-state index in [1.807, 2.05) is 35.4 Å². The number of esters is 1. The second kappa shape index (κ2) is 10.0. The monoisotopic (exact) mass is 474 g/mol. The van der Waals surface area contributed by atoms with Gasteiger partial charge in [0.05, 0.1) is 30.7 Å². The van der Waals surface area contributed by atoms with Crippen molar-refractivity contribution >= 4 is 38.5 Å². The lowest BCUT2D eigenvalue weighted by atomic mass is 9.97. The van der Waals surface area contributed by atoms with Crippen LogP contribution in [0.25, 0.3) is 10.9 Å². The van der Waals surface area contributed by atoms with Crippen molar-refractivity contribution in [3.05, 3.63) is 36.5 Å². The van der Waals surface area contributed by atoms with Crippen LogP contribution in [0.15, 0.2) is 36.5 Å². The fourth-order valence-electron chi connectivity index (χ4n) is 4.62. The molecule has 10 heteroatoms. The summed E-state index contributed by atoms with van der Waals surface area (Å²) in [5.41, 5.74) is 2.07. The predicted molar refractivity (Wildman–Crippen MR) is 125 cm³/mol. The average Bonchev–Trinajstić information content (AvgIpc) is 2.86. The quantitative estimate of drug-likeness (QED) is 0.585. The van der Waals surface area contributed by atoms with Crippen molar-refractivity contribution in [1.29, 1.82) is 0 Å². The van der Waals surface area contributed by atoms with Gasteiger partial charge in [-0.1, -0.05) is 18.2 Å². The van der Waals surface area contributed by atoms with Gasteiger partial charge in [0.15, 0.2) is 0 Å². The normalized spacial score (nSPS) is 20.1. The molecule has 0 saturated carbocycles. The van der Waals surface area contributed by atoms with Gasteiger partial charge in [-0.05, 0) is 25.0 Å². The third kappa shape index (κ3) is 5.27. The SMILES string of the molecule is COC(=O)CCS(=O)(=O)N1CCCC(C(=O)N2CCN(c3ccnc4ccccc34)CC2)C1. The van der Waals surface area contributed by atoms with Gasteiger partial charge in [-0.25, -0.2) is 12.7 Å². The molecular formula is C23H30N4O5S. The Morgan fingerprint density at radius 3 is 2.61 bits per heavy atom. The number of amides is 1. The molecule has 0 bridgehead atoms. The number of methoxy groups -OCH3 is 1. The number of hydrogen-bond donors (Lipinski definition) is 0. The van der Waals surface area contributed by atoms with E-state index in [9.17, 15) is 18.0 Å². The van der Waals surface area contributed by atoms with Crippen LogP contribution in [0.5, 0.6) is 0 Å². The number of sulfonamides is 1. The lowest BCUT2D eigenvalue weighted by Gasteiger charge is -2.39. The van der Waals surface area contributed by atoms with Crippen LogP contribution in [-0.2, 0) is 24.3 Å². The number of carbonyl (C=O) groups is 2. The highest BCUT2D eigenvalue weighted by atomic mass is 32.2. The third-order valence-corrected chi connectivity index (χ3v) is 8.32. The van der Waals surface area contributed by atoms with Crippen molar-refractivity contribution in [2.45, 2.75) is 19.3 Å². The predicted octanol–water partition coefficient (Wildman–Crippen LogP) is 1.49. The van der Waals surface area contributed by atoms with Crippen molar-refractivity contribution in [1.82, 2.24) is 14.2 Å². The van der Waals surface area contributed by atoms with Gasteiger partial charge >= 0.3 is 5.97 Å². The molecule has 2 fully saturated rings. The molecular weight excluding hydrogens is 444 g/mol. The number of anilines is 1. The summed E-state index contributed by atoms with van der Waals surface area (Å²) in [6.07, 6.45) is 2.94. The number of rotatable bonds is 6. The largest absolute Gasteiger partial charge is 0.469 e. The maximum atomic E-state index is 13.2. The van der Waals surface area contributed by atoms with Crippen LogP contribution >= 0.6 is 0 Å². The Balaban J connectivity index is 1.36. The van der Waals surface area contributed by atoms with Crippen molar-refractivity contribution in [2.75, 3.05) is 57.0 Å². The van der Waals surface area contributed by atoms with Crippen molar-refractivity contribution in [3.8, 4) is 0 Å². The molecule has 1 atom stereocenters. The standard InChI is InChI=1S/C23H30N4O5S/c1-32-22(28)9-16-33(30,31)27-11-4-5-18(17-27)23(29)26-14-12-25(13-15-26)21-8-10-24-20-7-3-2-6-19(20)21/h2-3,6-8,10,18H,4-5,9,11-17H2,1H3. The van der Waals surface area contributed by atoms with Gasteiger partial charge in [-0.15, -0.1) is 0 Å². The van der Waals surface area contributed by atoms with Crippen molar-refractivity contribution in [3.63, 3.8) is 0 Å². The molecule has 1 aromatic carbocycles. The first kappa shape index (κ1) is 23.4. The molecule has 0 spiro atoms. The van der Waals surface area contributed by atoms with Gasteiger partial charge in [-0.2, -0.15) is 0 Å². The van der Waals surface area contributed by atoms with Crippen LogP contribution in [0.4, 0.5) is 5.69 Å². The van der Waals surface area contributed by atoms with E-state index in [0.29, 0.717) is 45.6 Å². The Labute approximate surface area is 194 Å². The van der Waals surface area contributed by atoms with E-state index < -0.39 is 16.0 Å². The highest BCUT2D eigenvalue weighted by Crippen LogP contribution is 2.27. The fraction of sp³-hybridized carbons (Fsp3) is 0.522. The highest BCUT2D eigenvalue weighted by Gasteiger charge is 2.35. The second-order valence-corrected chi connectivity index (χ2v) is 10.6. The molecule has 2 aromatic rings. The van der Waals surface area contributed by atoms with Crippen LogP contribution in [0.2, 0.25) is 0 Å². The lowest BCUT2D eigenvalue weighted by molar-refractivity contribution is -0.140. The van der Waals surface area contributed by atoms with Crippen LogP contribution in [0, 0.1) is 5.92 Å². The zero-order valence-corrected chi connectivity index (χ0v) is 19.7. The van der Waals surface area contributed by atoms with Gasteiger partial charge < -0.3 is 14.5 Å². The molecule has 2 aliphatic heterocycles. The van der Waals surface area contributed by atoms with Gasteiger partial charge in [0, 0.05) is 56.5 Å². The molecule has 1 aromatic heterocycles. The van der Waals surface area contributed by atoms with E-state index in [2.05, 4.69) is 20.7 Å². The number of pyridine rings is 1. The fourth-order valence-corrected chi connectivity index (χ4v) is 6.12. The van der Waals surface area contributed by atoms with Crippen LogP contribution in [-0.4, -0.2) is 86.6 Å². The number of benzene rings is 1. The topological polar surface area (TPSA) is 100 Å². The first-order valence-electron chi connectivity index (χ1n) is 11.3. The first-order chi connectivity index (χ1) is 15.9. The van der Waals surface area contributed by atoms with Gasteiger partial charge in [-0.3, -0.25) is 14.6 Å². The Bertz CT molecular complexity index is 1110. The number of piperidine rings is 1. The number of piperazine rings is 1. The first-order valence-corrected chi connectivity index (χ1v) is 12.9. The summed E-state index contributed by atoms with van der Waals surface area (Å²) in [6, 6.07) is 10.0. The Morgan fingerprint density at radius 1 is 1.09 bits per heavy atom. The summed E-state index contributed by atoms with van der Waals surface area (Å²) in [4.78, 5) is 33.1. The zero-order valence-electron chi connectivity index (χ0n) is 18.9. The maximum Gasteiger partial charge on any atom is 0.306 e. The number of aromatic nitrogens is 1. The Morgan fingerprint density at radius 2 is 1.85 bits per heavy atom. The van der Waals surface area contributed by atoms with Crippen LogP contribution in [0.1, 0.15) is 19.3 Å². The molecule has 1 amide bonds. The minimum Gasteiger partial charge on any atom is -0.469 e. The van der Waals surface area contributed by atoms with Gasteiger partial charge in [0.1, 0.15) is 0 Å². The number of fused-ring (bicyclic) bond motifs is 1. The molecule has 2 aliphatic rings. The number of hydrogen-bond acceptors (Lipinski definition) is 7. The minimum atomic E-state index is -3.60. The number of ether oxygens (including phenoxy) is 1. The number of para-hydroxylation sites is 1. The molecule has 4 rings (SSSR count). The molecule has 0 radical (unpaired) electrons. The van der Waals surface area contributed by atoms with Crippen LogP contribution in [0.3, 0.4) is 0 Å². The molecule has 0 aliphatic carbocycles. The third-order valence-electron chi connectivity index (χ3n) is 6.48. The summed E-state index contributed by atoms with van der Waals surface area (Å²) < 4.78 is 31.2. The van der Waals surface area contributed by atoms with Crippen molar-refractivity contribution in [2.24, 2.45) is 5.92 Å². The van der Waals surface area contributed by atoms with E-state index in [-0.39, 0.29) is 30.5 Å². The number of carbonyl (C=O) groups excluding carboxylic acids is 2. The minimum absolute atomic E-state index is 0.0158. The van der Waals surface area contributed by atoms with E-state index in [0.717, 1.165) is 16.6 Å². The zero-order chi connectivity index (χ0) is 23.4. The second-order valence-electron chi connectivity index (χ2n) is 8.50. The van der Waals surface area contributed by atoms with E-state index in [1.165, 1.54) is 11.4 Å². The number of nitrogens with zero attached hydrogens (tertiary/aromatic N) is 4. The Hall–Kier alpha value is -2.72. The molecule has 33 heavy (non-hydrogen) atoms. The van der Waals surface area contributed by atoms with Crippen molar-refractivity contribution < 1.29 is 22.7 Å². The lowest BCUT2D eigenvalue weighted by Crippen LogP contribution is -2.53. The summed E-state index contributed by atoms with van der Waals surface area (Å²) in [7, 11) is -2.37. The smallest absolute Gasteiger partial charge is 0.306 e. The Kier molecular flexibility index (Phi) is 7.14. The van der Waals surface area contributed by atoms with Crippen LogP contribution < -0.4 is 4.90 Å². The van der Waals surface area contributed by atoms with Gasteiger partial charge in [0.25, 0.3) is 0 Å². The molecule has 1 unspecified atom stereocenters. The van der Waals surface area contributed by atoms with E-state index in [4.69, 9.17) is 0 Å². The van der Waals surface area contributed by atoms with E-state index in [1.54, 1.807) is 0 Å². The molecule has 9 nitrogen and oxygen atoms in total. The molecule has 178 valence electrons. The summed E-state index contributed by atoms with van der Waals surface area (Å²) >= 11 is 0. The molecule has 3 heterocycles. The molecule has 2 saturated heterocycles. The summed E-state index contributed by atoms with van der Waals surface area (Å²) in [5.74, 6) is -1.18.